The molecule has 123 heavy (non-hydrogen) atoms. The van der Waals surface area contributed by atoms with Gasteiger partial charge in [-0.1, -0.05) is 191 Å². The van der Waals surface area contributed by atoms with Crippen molar-refractivity contribution < 1.29 is 114 Å². The number of carbonyl (C=O) groups is 6. The Kier molecular flexibility index (Phi) is 49.8. The van der Waals surface area contributed by atoms with Crippen molar-refractivity contribution in [2.45, 2.75) is 215 Å². The van der Waals surface area contributed by atoms with Gasteiger partial charge in [-0.15, -0.1) is 6.58 Å². The molecule has 29 heteroatoms. The fourth-order valence-corrected chi connectivity index (χ4v) is 12.0. The SMILES string of the molecule is C.C.C=C[C@H](OS(C)(=O)=O)[C@H](Cc1ccc(OCc2ccccc2)cc1)NC(=O)OC(C)(C)C.CC(C)(C)OC(=O)N[C@@H](Cc1ccc(OCc2ccccc2)cc1)[C@H](C=O)OS(C)(=O)=O.CC(C)(C)OC(=O)N[C@@H](Cc1ccc(OCc2ccccc2)cc1)[C@H]1CO1.CC(C)(C)OC(=O)N[C@H](C=O)Cc1ccc(OCc2ccccc2)cc1.[Br-].[CH-]=C.[Mg+2]. The molecule has 0 radical (unpaired) electrons. The third-order valence-corrected chi connectivity index (χ3v) is 17.2. The molecule has 4 amide bonds. The number of carbonyl (C=O) groups excluding carboxylic acids is 6. The summed E-state index contributed by atoms with van der Waals surface area (Å²) in [5.74, 6) is 2.91. The minimum absolute atomic E-state index is 0. The smallest absolute Gasteiger partial charge is 1.00 e. The van der Waals surface area contributed by atoms with Gasteiger partial charge in [-0.2, -0.15) is 16.8 Å². The van der Waals surface area contributed by atoms with Crippen LogP contribution in [-0.4, -0.2) is 161 Å². The van der Waals surface area contributed by atoms with Gasteiger partial charge in [0.15, 0.2) is 12.4 Å². The van der Waals surface area contributed by atoms with Crippen molar-refractivity contribution in [2.75, 3.05) is 19.1 Å². The molecule has 9 rings (SSSR count). The van der Waals surface area contributed by atoms with Crippen LogP contribution in [0.2, 0.25) is 0 Å². The van der Waals surface area contributed by atoms with Gasteiger partial charge in [-0.05, 0) is 202 Å². The Morgan fingerprint density at radius 3 is 0.902 bits per heavy atom. The largest absolute Gasteiger partial charge is 2.00 e. The number of nitrogens with one attached hydrogen (secondary N) is 4. The number of epoxide rings is 1. The van der Waals surface area contributed by atoms with E-state index in [-0.39, 0.29) is 73.5 Å². The maximum atomic E-state index is 12.3. The van der Waals surface area contributed by atoms with Crippen molar-refractivity contribution in [2.24, 2.45) is 0 Å². The maximum absolute atomic E-state index is 12.3. The van der Waals surface area contributed by atoms with Gasteiger partial charge in [0.05, 0.1) is 43.3 Å². The van der Waals surface area contributed by atoms with Crippen LogP contribution >= 0.6 is 0 Å². The molecular formula is C94H123BrMgN4O21S2. The van der Waals surface area contributed by atoms with Crippen LogP contribution in [0.15, 0.2) is 238 Å². The molecule has 7 atom stereocenters. The molecule has 8 aromatic rings. The summed E-state index contributed by atoms with van der Waals surface area (Å²) < 4.78 is 106. The predicted molar refractivity (Wildman–Crippen MR) is 477 cm³/mol. The summed E-state index contributed by atoms with van der Waals surface area (Å²) in [5.41, 5.74) is 5.36. The summed E-state index contributed by atoms with van der Waals surface area (Å²) in [6.45, 7) is 34.4. The van der Waals surface area contributed by atoms with Gasteiger partial charge in [0, 0.05) is 0 Å². The van der Waals surface area contributed by atoms with Gasteiger partial charge < -0.3 is 97.0 Å². The molecular weight excluding hydrogens is 1690 g/mol. The van der Waals surface area contributed by atoms with Crippen LogP contribution in [0.5, 0.6) is 23.0 Å². The number of hydrogen-bond donors (Lipinski definition) is 4. The zero-order valence-corrected chi connectivity index (χ0v) is 76.0. The fourth-order valence-electron chi connectivity index (χ4n) is 10.8. The summed E-state index contributed by atoms with van der Waals surface area (Å²) in [7, 11) is -7.69. The molecule has 0 aromatic heterocycles. The minimum atomic E-state index is -3.93. The maximum Gasteiger partial charge on any atom is 2.00 e. The second-order valence-corrected chi connectivity index (χ2v) is 34.6. The summed E-state index contributed by atoms with van der Waals surface area (Å²) in [6, 6.07) is 66.9. The van der Waals surface area contributed by atoms with Crippen LogP contribution in [0.4, 0.5) is 19.2 Å². The number of hydrogen-bond acceptors (Lipinski definition) is 21. The number of aldehydes is 2. The van der Waals surface area contributed by atoms with E-state index in [0.717, 1.165) is 68.5 Å². The average Bonchev–Trinajstić information content (AvgIpc) is 1.67. The molecule has 1 heterocycles. The van der Waals surface area contributed by atoms with Crippen LogP contribution in [-0.2, 0) is 114 Å². The molecule has 1 saturated heterocycles. The topological polar surface area (TPSA) is 324 Å². The van der Waals surface area contributed by atoms with Crippen molar-refractivity contribution in [3.05, 3.63) is 289 Å². The predicted octanol–water partition coefficient (Wildman–Crippen LogP) is 14.0. The Bertz CT molecular complexity index is 4450. The third-order valence-electron chi connectivity index (χ3n) is 16.0. The van der Waals surface area contributed by atoms with Gasteiger partial charge in [0.1, 0.15) is 90.3 Å². The fraction of sp³-hybridized carbons (Fsp3) is 0.383. The van der Waals surface area contributed by atoms with Gasteiger partial charge in [-0.3, -0.25) is 14.9 Å². The van der Waals surface area contributed by atoms with Gasteiger partial charge in [0.2, 0.25) is 0 Å². The Labute approximate surface area is 755 Å². The number of alkyl carbamates (subject to hydrolysis) is 4. The molecule has 0 spiro atoms. The molecule has 4 N–H and O–H groups in total. The first-order chi connectivity index (χ1) is 56.1. The van der Waals surface area contributed by atoms with E-state index in [1.54, 1.807) is 86.6 Å². The van der Waals surface area contributed by atoms with E-state index in [1.807, 2.05) is 215 Å². The van der Waals surface area contributed by atoms with Crippen molar-refractivity contribution >= 4 is 80.2 Å². The van der Waals surface area contributed by atoms with Crippen LogP contribution in [0.1, 0.15) is 142 Å². The van der Waals surface area contributed by atoms with Crippen LogP contribution in [0, 0.1) is 6.58 Å². The Hall–Kier alpha value is -10.1. The van der Waals surface area contributed by atoms with E-state index in [0.29, 0.717) is 76.4 Å². The second-order valence-electron chi connectivity index (χ2n) is 31.4. The Morgan fingerprint density at radius 1 is 0.398 bits per heavy atom. The summed E-state index contributed by atoms with van der Waals surface area (Å²) in [4.78, 5) is 71.2. The molecule has 8 aromatic carbocycles. The Balaban J connectivity index is 0.000000808. The van der Waals surface area contributed by atoms with E-state index in [9.17, 15) is 45.6 Å². The molecule has 0 bridgehead atoms. The van der Waals surface area contributed by atoms with Crippen molar-refractivity contribution in [3.8, 4) is 23.0 Å². The number of halogens is 1. The van der Waals surface area contributed by atoms with Crippen molar-refractivity contribution in [3.63, 3.8) is 0 Å². The number of amides is 4. The van der Waals surface area contributed by atoms with Crippen molar-refractivity contribution in [1.29, 1.82) is 0 Å². The van der Waals surface area contributed by atoms with E-state index >= 15 is 0 Å². The summed E-state index contributed by atoms with van der Waals surface area (Å²) >= 11 is 0. The number of rotatable bonds is 34. The normalized spacial score (nSPS) is 13.4. The first-order valence-electron chi connectivity index (χ1n) is 38.5. The summed E-state index contributed by atoms with van der Waals surface area (Å²) in [6.07, 6.45) is 0.910. The number of ether oxygens (including phenoxy) is 9. The van der Waals surface area contributed by atoms with Crippen LogP contribution in [0.25, 0.3) is 0 Å². The second kappa shape index (κ2) is 55.2. The molecule has 0 unspecified atom stereocenters. The molecule has 25 nitrogen and oxygen atoms in total. The summed E-state index contributed by atoms with van der Waals surface area (Å²) in [5, 5.41) is 10.7. The van der Waals surface area contributed by atoms with Crippen LogP contribution in [0.3, 0.4) is 0 Å². The number of benzene rings is 8. The van der Waals surface area contributed by atoms with E-state index in [4.69, 9.17) is 51.0 Å². The molecule has 1 fully saturated rings. The van der Waals surface area contributed by atoms with Gasteiger partial charge >= 0.3 is 47.4 Å². The molecule has 666 valence electrons. The minimum Gasteiger partial charge on any atom is -1.00 e. The molecule has 1 aliphatic heterocycles. The third kappa shape index (κ3) is 49.7. The van der Waals surface area contributed by atoms with Crippen LogP contribution < -0.4 is 57.2 Å². The Morgan fingerprint density at radius 2 is 0.650 bits per heavy atom. The van der Waals surface area contributed by atoms with Crippen molar-refractivity contribution in [1.82, 2.24) is 21.3 Å². The molecule has 0 aliphatic carbocycles. The zero-order chi connectivity index (χ0) is 87.8. The van der Waals surface area contributed by atoms with Gasteiger partial charge in [0.25, 0.3) is 20.2 Å². The first-order valence-corrected chi connectivity index (χ1v) is 42.1. The van der Waals surface area contributed by atoms with E-state index in [2.05, 4.69) is 41.0 Å². The standard InChI is InChI=1S/C24H31NO6S.C23H29NO7S.C22H27NO4.C21H25NO4.C2H3.2CH4.BrH.Mg/c1-6-22(31-32(5,27)28)21(25-23(26)30-24(2,3)4)16-18-12-14-20(15-13-18)29-17-19-10-8-7-9-11-19;1-23(2,3)30-22(26)24-20(21(15-25)31-32(4,27)28)14-17-10-12-19(13-11-17)29-16-18-8-6-5-7-9-18;1-22(2,3)27-21(24)23-19(20-15-26-20)13-16-9-11-18(12-10-16)25-14-17-7-5-4-6-8-17;1-21(2,3)26-20(24)22-18(14-23)13-16-9-11-19(12-10-16)25-15-17-7-5-4-6-8-17;1-2;;;;/h6-15,21-22H,1,16-17H2,2-5H3,(H,25,26);5-13,15,20-21H,14,16H2,1-4H3,(H,24,26);4-12,19-20H,13-15H2,1-3H3,(H,23,24);4-12,14,18H,13,15H2,1-3H3,(H,22,24);1H,2H2;2*1H4;1H;/q;;;;-1;;;;+2/p-1/t21-,22-;20-,21-;19-,20+;18-;;;;;/m0000...../s1. The molecule has 0 saturated carbocycles. The average molecular weight is 1810 g/mol. The zero-order valence-electron chi connectivity index (χ0n) is 71.4. The monoisotopic (exact) mass is 1810 g/mol. The van der Waals surface area contributed by atoms with E-state index in [1.165, 1.54) is 6.08 Å². The first kappa shape index (κ1) is 111. The van der Waals surface area contributed by atoms with Gasteiger partial charge in [-0.25, -0.2) is 19.2 Å². The molecule has 1 aliphatic rings. The van der Waals surface area contributed by atoms with E-state index < -0.39 is 97.3 Å². The quantitative estimate of drug-likeness (QED) is 0.00554.